The molecule has 4 rings (SSSR count). The Hall–Kier alpha value is -2.14. The molecule has 0 saturated heterocycles. The van der Waals surface area contributed by atoms with E-state index in [1.807, 2.05) is 24.3 Å². The van der Waals surface area contributed by atoms with Crippen molar-refractivity contribution in [3.05, 3.63) is 30.5 Å². The highest BCUT2D eigenvalue weighted by Gasteiger charge is 2.29. The third kappa shape index (κ3) is 3.36. The van der Waals surface area contributed by atoms with Crippen molar-refractivity contribution in [1.82, 2.24) is 4.98 Å². The van der Waals surface area contributed by atoms with E-state index in [-0.39, 0.29) is 24.0 Å². The average molecular weight is 326 g/mol. The van der Waals surface area contributed by atoms with Crippen LogP contribution in [0.25, 0.3) is 10.8 Å². The Kier molecular flexibility index (Phi) is 4.10. The summed E-state index contributed by atoms with van der Waals surface area (Å²) >= 11 is 0. The molecule has 5 heteroatoms. The molecule has 0 bridgehead atoms. The number of hydrogen-bond donors (Lipinski definition) is 2. The Morgan fingerprint density at radius 1 is 1.12 bits per heavy atom. The molecule has 126 valence electrons. The Morgan fingerprint density at radius 2 is 1.96 bits per heavy atom. The highest BCUT2D eigenvalue weighted by atomic mass is 16.5. The highest BCUT2D eigenvalue weighted by molar-refractivity contribution is 5.95. The van der Waals surface area contributed by atoms with Crippen molar-refractivity contribution in [3.8, 4) is 5.75 Å². The van der Waals surface area contributed by atoms with Gasteiger partial charge in [-0.3, -0.25) is 4.79 Å². The van der Waals surface area contributed by atoms with Crippen molar-refractivity contribution < 1.29 is 14.6 Å². The molecule has 2 fully saturated rings. The van der Waals surface area contributed by atoms with Crippen LogP contribution in [0.2, 0.25) is 0 Å². The zero-order chi connectivity index (χ0) is 16.5. The molecule has 5 nitrogen and oxygen atoms in total. The minimum Gasteiger partial charge on any atom is -0.488 e. The van der Waals surface area contributed by atoms with E-state index in [1.54, 1.807) is 6.20 Å². The fourth-order valence-corrected chi connectivity index (χ4v) is 3.22. The second-order valence-electron chi connectivity index (χ2n) is 6.85. The van der Waals surface area contributed by atoms with Crippen LogP contribution in [0.1, 0.15) is 38.5 Å². The number of aromatic nitrogens is 1. The molecule has 0 radical (unpaired) electrons. The van der Waals surface area contributed by atoms with E-state index < -0.39 is 0 Å². The van der Waals surface area contributed by atoms with Crippen LogP contribution >= 0.6 is 0 Å². The molecular weight excluding hydrogens is 304 g/mol. The number of amides is 1. The fraction of sp³-hybridized carbons (Fsp3) is 0.474. The van der Waals surface area contributed by atoms with E-state index in [0.717, 1.165) is 55.0 Å². The molecule has 1 aromatic heterocycles. The standard InChI is InChI=1S/C19H22N2O3/c22-16-3-1-2-4-17(16)24-15-8-7-13-10-18(20-11-14(13)9-15)21-19(23)12-5-6-12/h7-12,16-17,22H,1-6H2,(H,20,21,23)/t16-,17?/m0/s1. The number of nitrogens with one attached hydrogen (secondary N) is 1. The van der Waals surface area contributed by atoms with Crippen LogP contribution in [0, 0.1) is 5.92 Å². The summed E-state index contributed by atoms with van der Waals surface area (Å²) in [5.41, 5.74) is 0. The van der Waals surface area contributed by atoms with E-state index in [9.17, 15) is 9.90 Å². The van der Waals surface area contributed by atoms with Gasteiger partial charge >= 0.3 is 0 Å². The Morgan fingerprint density at radius 3 is 2.75 bits per heavy atom. The third-order valence-electron chi connectivity index (χ3n) is 4.85. The molecule has 1 amide bonds. The Balaban J connectivity index is 1.49. The zero-order valence-electron chi connectivity index (χ0n) is 13.6. The molecule has 24 heavy (non-hydrogen) atoms. The van der Waals surface area contributed by atoms with Crippen LogP contribution in [0.5, 0.6) is 5.75 Å². The summed E-state index contributed by atoms with van der Waals surface area (Å²) in [5.74, 6) is 1.58. The second kappa shape index (κ2) is 6.40. The van der Waals surface area contributed by atoms with Crippen molar-refractivity contribution >= 4 is 22.5 Å². The summed E-state index contributed by atoms with van der Waals surface area (Å²) in [4.78, 5) is 16.1. The van der Waals surface area contributed by atoms with Gasteiger partial charge in [0.05, 0.1) is 6.10 Å². The summed E-state index contributed by atoms with van der Waals surface area (Å²) < 4.78 is 5.96. The maximum absolute atomic E-state index is 11.8. The first-order chi connectivity index (χ1) is 11.7. The predicted molar refractivity (Wildman–Crippen MR) is 92.0 cm³/mol. The minimum absolute atomic E-state index is 0.0630. The van der Waals surface area contributed by atoms with Gasteiger partial charge in [-0.2, -0.15) is 0 Å². The van der Waals surface area contributed by atoms with Crippen LogP contribution < -0.4 is 10.1 Å². The number of benzene rings is 1. The van der Waals surface area contributed by atoms with Crippen LogP contribution in [0.15, 0.2) is 30.5 Å². The number of carbonyl (C=O) groups excluding carboxylic acids is 1. The van der Waals surface area contributed by atoms with Crippen molar-refractivity contribution in [3.63, 3.8) is 0 Å². The Bertz CT molecular complexity index is 757. The maximum atomic E-state index is 11.8. The number of nitrogens with zero attached hydrogens (tertiary/aromatic N) is 1. The molecule has 2 aromatic rings. The number of anilines is 1. The Labute approximate surface area is 141 Å². The molecule has 1 unspecified atom stereocenters. The average Bonchev–Trinajstić information content (AvgIpc) is 3.42. The third-order valence-corrected chi connectivity index (χ3v) is 4.85. The van der Waals surface area contributed by atoms with Crippen molar-refractivity contribution in [2.24, 2.45) is 5.92 Å². The first kappa shape index (κ1) is 15.4. The molecule has 1 aromatic carbocycles. The molecular formula is C19H22N2O3. The van der Waals surface area contributed by atoms with Gasteiger partial charge in [0.15, 0.2) is 0 Å². The molecule has 2 aliphatic carbocycles. The van der Waals surface area contributed by atoms with Crippen LogP contribution in [-0.2, 0) is 4.79 Å². The number of rotatable bonds is 4. The molecule has 2 saturated carbocycles. The lowest BCUT2D eigenvalue weighted by molar-refractivity contribution is -0.117. The number of ether oxygens (including phenoxy) is 1. The van der Waals surface area contributed by atoms with Crippen LogP contribution in [0.3, 0.4) is 0 Å². The van der Waals surface area contributed by atoms with E-state index in [0.29, 0.717) is 5.82 Å². The quantitative estimate of drug-likeness (QED) is 0.904. The maximum Gasteiger partial charge on any atom is 0.228 e. The number of aliphatic hydroxyl groups is 1. The normalized spacial score (nSPS) is 23.9. The summed E-state index contributed by atoms with van der Waals surface area (Å²) in [6.07, 6.45) is 7.07. The van der Waals surface area contributed by atoms with E-state index in [4.69, 9.17) is 4.74 Å². The van der Waals surface area contributed by atoms with Gasteiger partial charge in [-0.15, -0.1) is 0 Å². The molecule has 2 atom stereocenters. The number of aliphatic hydroxyl groups excluding tert-OH is 1. The second-order valence-corrected chi connectivity index (χ2v) is 6.85. The lowest BCUT2D eigenvalue weighted by Crippen LogP contribution is -2.34. The van der Waals surface area contributed by atoms with Gasteiger partial charge in [0.2, 0.25) is 5.91 Å². The monoisotopic (exact) mass is 326 g/mol. The van der Waals surface area contributed by atoms with Crippen LogP contribution in [0.4, 0.5) is 5.82 Å². The zero-order valence-corrected chi connectivity index (χ0v) is 13.6. The van der Waals surface area contributed by atoms with Crippen LogP contribution in [-0.4, -0.2) is 28.2 Å². The van der Waals surface area contributed by atoms with Gasteiger partial charge in [-0.1, -0.05) is 12.5 Å². The number of carbonyl (C=O) groups is 1. The van der Waals surface area contributed by atoms with Crippen molar-refractivity contribution in [2.45, 2.75) is 50.7 Å². The molecule has 0 aliphatic heterocycles. The highest BCUT2D eigenvalue weighted by Crippen LogP contribution is 2.31. The number of fused-ring (bicyclic) bond motifs is 1. The largest absolute Gasteiger partial charge is 0.488 e. The summed E-state index contributed by atoms with van der Waals surface area (Å²) in [7, 11) is 0. The fourth-order valence-electron chi connectivity index (χ4n) is 3.22. The topological polar surface area (TPSA) is 71.5 Å². The molecule has 1 heterocycles. The molecule has 2 N–H and O–H groups in total. The summed E-state index contributed by atoms with van der Waals surface area (Å²) in [5, 5.41) is 14.9. The minimum atomic E-state index is -0.382. The van der Waals surface area contributed by atoms with Gasteiger partial charge in [-0.25, -0.2) is 4.98 Å². The SMILES string of the molecule is O=C(Nc1cc2ccc(OC3CCCC[C@@H]3O)cc2cn1)C1CC1. The van der Waals surface area contributed by atoms with Gasteiger partial charge in [0.1, 0.15) is 17.7 Å². The number of hydrogen-bond acceptors (Lipinski definition) is 4. The lowest BCUT2D eigenvalue weighted by Gasteiger charge is -2.28. The van der Waals surface area contributed by atoms with Gasteiger partial charge in [0.25, 0.3) is 0 Å². The summed E-state index contributed by atoms with van der Waals surface area (Å²) in [6.45, 7) is 0. The van der Waals surface area contributed by atoms with Gasteiger partial charge in [-0.05, 0) is 55.7 Å². The lowest BCUT2D eigenvalue weighted by atomic mass is 9.95. The van der Waals surface area contributed by atoms with Gasteiger partial charge in [0, 0.05) is 17.5 Å². The number of pyridine rings is 1. The van der Waals surface area contributed by atoms with E-state index in [1.165, 1.54) is 0 Å². The predicted octanol–water partition coefficient (Wildman–Crippen LogP) is 3.27. The first-order valence-corrected chi connectivity index (χ1v) is 8.74. The molecule has 0 spiro atoms. The summed E-state index contributed by atoms with van der Waals surface area (Å²) in [6, 6.07) is 7.70. The van der Waals surface area contributed by atoms with Crippen molar-refractivity contribution in [1.29, 1.82) is 0 Å². The van der Waals surface area contributed by atoms with Crippen molar-refractivity contribution in [2.75, 3.05) is 5.32 Å². The van der Waals surface area contributed by atoms with E-state index >= 15 is 0 Å². The molecule has 2 aliphatic rings. The first-order valence-electron chi connectivity index (χ1n) is 8.74. The smallest absolute Gasteiger partial charge is 0.228 e. The van der Waals surface area contributed by atoms with Gasteiger partial charge < -0.3 is 15.2 Å². The van der Waals surface area contributed by atoms with E-state index in [2.05, 4.69) is 10.3 Å².